The number of benzene rings is 1. The molecule has 1 aliphatic rings. The molecule has 0 unspecified atom stereocenters. The van der Waals surface area contributed by atoms with E-state index in [1.54, 1.807) is 0 Å². The van der Waals surface area contributed by atoms with Gasteiger partial charge in [-0.2, -0.15) is 5.10 Å². The van der Waals surface area contributed by atoms with Crippen LogP contribution in [-0.2, 0) is 20.0 Å². The molecule has 1 aromatic carbocycles. The van der Waals surface area contributed by atoms with Gasteiger partial charge < -0.3 is 10.1 Å². The van der Waals surface area contributed by atoms with E-state index in [2.05, 4.69) is 36.4 Å². The van der Waals surface area contributed by atoms with E-state index >= 15 is 0 Å². The van der Waals surface area contributed by atoms with Crippen molar-refractivity contribution >= 4 is 5.69 Å². The molecule has 3 rings (SSSR count). The van der Waals surface area contributed by atoms with Gasteiger partial charge in [0.15, 0.2) is 0 Å². The summed E-state index contributed by atoms with van der Waals surface area (Å²) in [6, 6.07) is 6.31. The molecule has 0 saturated carbocycles. The van der Waals surface area contributed by atoms with E-state index in [1.807, 2.05) is 17.8 Å². The summed E-state index contributed by atoms with van der Waals surface area (Å²) in [5.74, 6) is 1.03. The van der Waals surface area contributed by atoms with Crippen molar-refractivity contribution in [2.45, 2.75) is 26.8 Å². The van der Waals surface area contributed by atoms with Gasteiger partial charge in [0.2, 0.25) is 0 Å². The van der Waals surface area contributed by atoms with Gasteiger partial charge >= 0.3 is 0 Å². The van der Waals surface area contributed by atoms with E-state index in [9.17, 15) is 0 Å². The van der Waals surface area contributed by atoms with E-state index in [1.165, 1.54) is 16.8 Å². The number of aromatic nitrogens is 2. The fourth-order valence-electron chi connectivity index (χ4n) is 2.56. The molecule has 19 heavy (non-hydrogen) atoms. The lowest BCUT2D eigenvalue weighted by molar-refractivity contribution is 0.357. The number of rotatable bonds is 3. The SMILES string of the molecule is Cc1nn(C)c(C)c1CNc1ccc2c(c1)CCO2. The molecule has 0 aliphatic carbocycles. The Morgan fingerprint density at radius 1 is 1.37 bits per heavy atom. The Morgan fingerprint density at radius 3 is 2.95 bits per heavy atom. The smallest absolute Gasteiger partial charge is 0.122 e. The van der Waals surface area contributed by atoms with E-state index in [4.69, 9.17) is 4.74 Å². The molecular formula is C15H19N3O. The Balaban J connectivity index is 1.76. The molecular weight excluding hydrogens is 238 g/mol. The molecule has 0 saturated heterocycles. The van der Waals surface area contributed by atoms with E-state index in [0.717, 1.165) is 36.7 Å². The maximum atomic E-state index is 5.52. The second kappa shape index (κ2) is 4.61. The van der Waals surface area contributed by atoms with Crippen molar-refractivity contribution in [3.05, 3.63) is 40.7 Å². The first kappa shape index (κ1) is 12.1. The Labute approximate surface area is 113 Å². The van der Waals surface area contributed by atoms with Crippen molar-refractivity contribution in [2.24, 2.45) is 7.05 Å². The summed E-state index contributed by atoms with van der Waals surface area (Å²) in [5.41, 5.74) is 6.03. The lowest BCUT2D eigenvalue weighted by Crippen LogP contribution is -2.02. The van der Waals surface area contributed by atoms with Crippen LogP contribution in [0.3, 0.4) is 0 Å². The van der Waals surface area contributed by atoms with Crippen molar-refractivity contribution in [1.82, 2.24) is 9.78 Å². The van der Waals surface area contributed by atoms with Gasteiger partial charge in [-0.15, -0.1) is 0 Å². The highest BCUT2D eigenvalue weighted by Crippen LogP contribution is 2.28. The van der Waals surface area contributed by atoms with Gasteiger partial charge in [-0.05, 0) is 37.6 Å². The third-order valence-electron chi connectivity index (χ3n) is 3.82. The predicted molar refractivity (Wildman–Crippen MR) is 75.6 cm³/mol. The minimum absolute atomic E-state index is 0.805. The highest BCUT2D eigenvalue weighted by molar-refractivity contribution is 5.52. The number of hydrogen-bond acceptors (Lipinski definition) is 3. The lowest BCUT2D eigenvalue weighted by Gasteiger charge is -2.08. The normalized spacial score (nSPS) is 13.2. The second-order valence-electron chi connectivity index (χ2n) is 5.05. The van der Waals surface area contributed by atoms with Crippen LogP contribution in [0.15, 0.2) is 18.2 Å². The van der Waals surface area contributed by atoms with Gasteiger partial charge in [-0.25, -0.2) is 0 Å². The third-order valence-corrected chi connectivity index (χ3v) is 3.82. The Morgan fingerprint density at radius 2 is 2.21 bits per heavy atom. The first-order chi connectivity index (χ1) is 9.15. The van der Waals surface area contributed by atoms with Crippen LogP contribution in [0, 0.1) is 13.8 Å². The maximum Gasteiger partial charge on any atom is 0.122 e. The quantitative estimate of drug-likeness (QED) is 0.918. The molecule has 0 radical (unpaired) electrons. The topological polar surface area (TPSA) is 39.1 Å². The second-order valence-corrected chi connectivity index (χ2v) is 5.05. The third kappa shape index (κ3) is 2.18. The van der Waals surface area contributed by atoms with Gasteiger partial charge in [0, 0.05) is 37.0 Å². The summed E-state index contributed by atoms with van der Waals surface area (Å²) in [7, 11) is 1.98. The van der Waals surface area contributed by atoms with Crippen LogP contribution >= 0.6 is 0 Å². The van der Waals surface area contributed by atoms with Crippen molar-refractivity contribution < 1.29 is 4.74 Å². The number of hydrogen-bond donors (Lipinski definition) is 1. The molecule has 0 atom stereocenters. The molecule has 0 fully saturated rings. The largest absolute Gasteiger partial charge is 0.493 e. The summed E-state index contributed by atoms with van der Waals surface area (Å²) >= 11 is 0. The minimum atomic E-state index is 0.805. The molecule has 2 aromatic rings. The molecule has 2 heterocycles. The zero-order valence-corrected chi connectivity index (χ0v) is 11.7. The number of aryl methyl sites for hydroxylation is 2. The molecule has 1 aliphatic heterocycles. The molecule has 0 amide bonds. The summed E-state index contributed by atoms with van der Waals surface area (Å²) < 4.78 is 7.45. The van der Waals surface area contributed by atoms with Gasteiger partial charge in [-0.1, -0.05) is 0 Å². The van der Waals surface area contributed by atoms with Crippen LogP contribution in [0.5, 0.6) is 5.75 Å². The van der Waals surface area contributed by atoms with Crippen molar-refractivity contribution in [3.8, 4) is 5.75 Å². The van der Waals surface area contributed by atoms with Gasteiger partial charge in [0.05, 0.1) is 12.3 Å². The first-order valence-electron chi connectivity index (χ1n) is 6.64. The predicted octanol–water partition coefficient (Wildman–Crippen LogP) is 2.58. The van der Waals surface area contributed by atoms with Crippen LogP contribution in [0.2, 0.25) is 0 Å². The van der Waals surface area contributed by atoms with Crippen LogP contribution in [0.1, 0.15) is 22.5 Å². The lowest BCUT2D eigenvalue weighted by atomic mass is 10.1. The molecule has 100 valence electrons. The van der Waals surface area contributed by atoms with Gasteiger partial charge in [0.25, 0.3) is 0 Å². The van der Waals surface area contributed by atoms with Crippen molar-refractivity contribution in [2.75, 3.05) is 11.9 Å². The number of nitrogens with one attached hydrogen (secondary N) is 1. The molecule has 0 spiro atoms. The molecule has 1 aromatic heterocycles. The fraction of sp³-hybridized carbons (Fsp3) is 0.400. The molecule has 0 bridgehead atoms. The Kier molecular flexibility index (Phi) is 2.93. The zero-order chi connectivity index (χ0) is 13.4. The number of fused-ring (bicyclic) bond motifs is 1. The highest BCUT2D eigenvalue weighted by atomic mass is 16.5. The monoisotopic (exact) mass is 257 g/mol. The first-order valence-corrected chi connectivity index (χ1v) is 6.64. The van der Waals surface area contributed by atoms with Crippen LogP contribution in [-0.4, -0.2) is 16.4 Å². The minimum Gasteiger partial charge on any atom is -0.493 e. The van der Waals surface area contributed by atoms with Gasteiger partial charge in [-0.3, -0.25) is 4.68 Å². The summed E-state index contributed by atoms with van der Waals surface area (Å²) in [4.78, 5) is 0. The molecule has 4 nitrogen and oxygen atoms in total. The zero-order valence-electron chi connectivity index (χ0n) is 11.7. The Bertz CT molecular complexity index is 616. The van der Waals surface area contributed by atoms with E-state index in [-0.39, 0.29) is 0 Å². The van der Waals surface area contributed by atoms with Crippen molar-refractivity contribution in [1.29, 1.82) is 0 Å². The van der Waals surface area contributed by atoms with Crippen LogP contribution in [0.25, 0.3) is 0 Å². The number of anilines is 1. The van der Waals surface area contributed by atoms with Gasteiger partial charge in [0.1, 0.15) is 5.75 Å². The fourth-order valence-corrected chi connectivity index (χ4v) is 2.56. The number of ether oxygens (including phenoxy) is 1. The summed E-state index contributed by atoms with van der Waals surface area (Å²) in [5, 5.41) is 7.91. The highest BCUT2D eigenvalue weighted by Gasteiger charge is 2.13. The Hall–Kier alpha value is -1.97. The number of nitrogens with zero attached hydrogens (tertiary/aromatic N) is 2. The van der Waals surface area contributed by atoms with Crippen LogP contribution in [0.4, 0.5) is 5.69 Å². The molecule has 4 heteroatoms. The average Bonchev–Trinajstić information content (AvgIpc) is 2.94. The van der Waals surface area contributed by atoms with E-state index in [0.29, 0.717) is 0 Å². The summed E-state index contributed by atoms with van der Waals surface area (Å²) in [6.45, 7) is 5.78. The van der Waals surface area contributed by atoms with E-state index < -0.39 is 0 Å². The summed E-state index contributed by atoms with van der Waals surface area (Å²) in [6.07, 6.45) is 1.01. The van der Waals surface area contributed by atoms with Crippen molar-refractivity contribution in [3.63, 3.8) is 0 Å². The molecule has 1 N–H and O–H groups in total. The average molecular weight is 257 g/mol. The maximum absolute atomic E-state index is 5.52. The van der Waals surface area contributed by atoms with Crippen LogP contribution < -0.4 is 10.1 Å². The standard InChI is InChI=1S/C15H19N3O/c1-10-14(11(2)18(3)17-10)9-16-13-4-5-15-12(8-13)6-7-19-15/h4-5,8,16H,6-7,9H2,1-3H3.